The number of hydrogen-bond donors (Lipinski definition) is 5. The van der Waals surface area contributed by atoms with Crippen LogP contribution in [0.5, 0.6) is 5.75 Å². The molecule has 20 heteroatoms. The van der Waals surface area contributed by atoms with Crippen LogP contribution in [0.15, 0.2) is 42.6 Å². The number of rotatable bonds is 26. The number of amides is 6. The lowest BCUT2D eigenvalue weighted by Gasteiger charge is -2.43. The maximum atomic E-state index is 13.3. The van der Waals surface area contributed by atoms with Crippen LogP contribution in [0, 0.1) is 0 Å². The summed E-state index contributed by atoms with van der Waals surface area (Å²) in [5.74, 6) is 0.154. The molecule has 0 bridgehead atoms. The average molecular weight is 955 g/mol. The van der Waals surface area contributed by atoms with Crippen LogP contribution in [0.25, 0.3) is 0 Å². The average Bonchev–Trinajstić information content (AvgIpc) is 4.01. The summed E-state index contributed by atoms with van der Waals surface area (Å²) in [4.78, 5) is 90.7. The van der Waals surface area contributed by atoms with Gasteiger partial charge in [-0.3, -0.25) is 34.1 Å². The summed E-state index contributed by atoms with van der Waals surface area (Å²) in [6, 6.07) is 9.57. The molecule has 1 unspecified atom stereocenters. The Morgan fingerprint density at radius 3 is 2.36 bits per heavy atom. The zero-order chi connectivity index (χ0) is 48.7. The van der Waals surface area contributed by atoms with Gasteiger partial charge in [-0.05, 0) is 75.4 Å². The van der Waals surface area contributed by atoms with Crippen LogP contribution >= 0.6 is 0 Å². The van der Waals surface area contributed by atoms with E-state index in [2.05, 4.69) is 36.5 Å². The number of nitrogens with zero attached hydrogens (tertiary/aromatic N) is 5. The van der Waals surface area contributed by atoms with E-state index in [-0.39, 0.29) is 61.0 Å². The fraction of sp³-hybridized carbons (Fsp3) is 0.551. The van der Waals surface area contributed by atoms with Crippen LogP contribution in [0.3, 0.4) is 0 Å². The molecular formula is C49H66N10O10. The van der Waals surface area contributed by atoms with Gasteiger partial charge in [0.05, 0.1) is 58.6 Å². The molecule has 5 N–H and O–H groups in total. The first kappa shape index (κ1) is 50.7. The van der Waals surface area contributed by atoms with E-state index in [9.17, 15) is 28.8 Å². The van der Waals surface area contributed by atoms with Gasteiger partial charge in [-0.2, -0.15) is 4.98 Å². The van der Waals surface area contributed by atoms with Crippen molar-refractivity contribution in [1.82, 2.24) is 30.8 Å². The third-order valence-corrected chi connectivity index (χ3v) is 12.9. The molecule has 2 aromatic carbocycles. The molecule has 1 saturated heterocycles. The smallest absolute Gasteiger partial charge is 0.255 e. The standard InChI is InChI=1S/C49H66N10O10/c1-4-38-48(65)57(2)40-30-52-49(56-44(40)59(38)33-11-7-8-12-33)54-37-17-16-32(29-41(37)66-3)45(62)51-22-24-68-26-28-69-27-25-67-23-21-50-20-9-5-6-15-42(60)53-36-14-10-13-34-35(36)31-58(47(34)64)39-18-19-43(61)55-46(39)63/h10,13-14,16-17,29-30,33,38-39,50H,4-9,11-12,15,18-28,31H2,1-3H3,(H,51,62)(H,53,60)(H,52,54,56)(H,55,61,63)/t38-,39?/m1/s1. The minimum Gasteiger partial charge on any atom is -0.495 e. The number of aromatic nitrogens is 2. The SMILES string of the molecule is CC[C@@H]1C(=O)N(C)c2cnc(Nc3ccc(C(=O)NCCOCCOCCOCCNCCCCCC(=O)Nc4cccc5c4CN(C4CCC(=O)NC4=O)C5=O)cc3OC)nc2N1C1CCCC1. The Bertz CT molecular complexity index is 2310. The number of fused-ring (bicyclic) bond motifs is 2. The van der Waals surface area contributed by atoms with Crippen LogP contribution in [-0.2, 0) is 39.9 Å². The van der Waals surface area contributed by atoms with E-state index in [1.165, 1.54) is 12.0 Å². The van der Waals surface area contributed by atoms with Crippen molar-refractivity contribution in [3.8, 4) is 5.75 Å². The lowest BCUT2D eigenvalue weighted by atomic mass is 10.0. The number of nitrogens with one attached hydrogen (secondary N) is 5. The second kappa shape index (κ2) is 24.9. The van der Waals surface area contributed by atoms with Crippen molar-refractivity contribution >= 4 is 64.3 Å². The van der Waals surface area contributed by atoms with Crippen molar-refractivity contribution in [2.24, 2.45) is 0 Å². The number of carbonyl (C=O) groups excluding carboxylic acids is 6. The molecule has 1 aromatic heterocycles. The van der Waals surface area contributed by atoms with Gasteiger partial charge >= 0.3 is 0 Å². The van der Waals surface area contributed by atoms with Crippen molar-refractivity contribution < 1.29 is 47.7 Å². The highest BCUT2D eigenvalue weighted by molar-refractivity contribution is 6.07. The third-order valence-electron chi connectivity index (χ3n) is 12.9. The molecule has 3 aliphatic heterocycles. The van der Waals surface area contributed by atoms with E-state index < -0.39 is 11.9 Å². The second-order valence-electron chi connectivity index (χ2n) is 17.5. The molecule has 7 rings (SSSR count). The molecule has 1 saturated carbocycles. The van der Waals surface area contributed by atoms with Crippen molar-refractivity contribution in [2.75, 3.05) is 93.9 Å². The Kier molecular flexibility index (Phi) is 18.3. The van der Waals surface area contributed by atoms with Gasteiger partial charge in [0.2, 0.25) is 29.6 Å². The predicted octanol–water partition coefficient (Wildman–Crippen LogP) is 4.06. The topological polar surface area (TPSA) is 235 Å². The Balaban J connectivity index is 0.691. The second-order valence-corrected chi connectivity index (χ2v) is 17.5. The Labute approximate surface area is 402 Å². The summed E-state index contributed by atoms with van der Waals surface area (Å²) < 4.78 is 22.5. The van der Waals surface area contributed by atoms with Crippen LogP contribution in [0.1, 0.15) is 104 Å². The number of hydrogen-bond acceptors (Lipinski definition) is 15. The molecule has 4 heterocycles. The molecule has 20 nitrogen and oxygen atoms in total. The first-order valence-electron chi connectivity index (χ1n) is 24.2. The van der Waals surface area contributed by atoms with E-state index in [4.69, 9.17) is 23.9 Å². The van der Waals surface area contributed by atoms with Crippen molar-refractivity contribution in [1.29, 1.82) is 0 Å². The lowest BCUT2D eigenvalue weighted by Crippen LogP contribution is -2.55. The Morgan fingerprint density at radius 2 is 1.62 bits per heavy atom. The summed E-state index contributed by atoms with van der Waals surface area (Å²) in [5.41, 5.74) is 3.43. The summed E-state index contributed by atoms with van der Waals surface area (Å²) in [7, 11) is 3.31. The summed E-state index contributed by atoms with van der Waals surface area (Å²) in [6.07, 6.45) is 10.0. The zero-order valence-electron chi connectivity index (χ0n) is 39.9. The quantitative estimate of drug-likeness (QED) is 0.0564. The van der Waals surface area contributed by atoms with Gasteiger partial charge in [0, 0.05) is 67.9 Å². The van der Waals surface area contributed by atoms with Crippen molar-refractivity contribution in [2.45, 2.75) is 102 Å². The Hall–Kier alpha value is -6.22. The molecule has 69 heavy (non-hydrogen) atoms. The van der Waals surface area contributed by atoms with Crippen LogP contribution in [-0.4, -0.2) is 142 Å². The molecule has 372 valence electrons. The number of unbranched alkanes of at least 4 members (excludes halogenated alkanes) is 2. The van der Waals surface area contributed by atoms with Gasteiger partial charge in [0.1, 0.15) is 23.5 Å². The maximum Gasteiger partial charge on any atom is 0.255 e. The van der Waals surface area contributed by atoms with Crippen LogP contribution in [0.2, 0.25) is 0 Å². The lowest BCUT2D eigenvalue weighted by molar-refractivity contribution is -0.137. The number of likely N-dealkylation sites (N-methyl/N-ethyl adjacent to an activating group) is 1. The van der Waals surface area contributed by atoms with Gasteiger partial charge in [0.15, 0.2) is 5.82 Å². The van der Waals surface area contributed by atoms with Crippen LogP contribution < -0.4 is 41.1 Å². The first-order valence-corrected chi connectivity index (χ1v) is 24.2. The van der Waals surface area contributed by atoms with E-state index in [0.29, 0.717) is 111 Å². The number of ether oxygens (including phenoxy) is 4. The highest BCUT2D eigenvalue weighted by atomic mass is 16.5. The molecule has 4 aliphatic rings. The number of anilines is 5. The number of benzene rings is 2. The van der Waals surface area contributed by atoms with Crippen LogP contribution in [0.4, 0.5) is 28.8 Å². The molecule has 0 spiro atoms. The molecule has 2 fully saturated rings. The fourth-order valence-electron chi connectivity index (χ4n) is 9.28. The monoisotopic (exact) mass is 954 g/mol. The molecule has 3 aromatic rings. The van der Waals surface area contributed by atoms with Crippen molar-refractivity contribution in [3.63, 3.8) is 0 Å². The summed E-state index contributed by atoms with van der Waals surface area (Å²) in [5, 5.41) is 14.7. The van der Waals surface area contributed by atoms with Gasteiger partial charge in [0.25, 0.3) is 11.8 Å². The van der Waals surface area contributed by atoms with Gasteiger partial charge < -0.3 is 54.9 Å². The van der Waals surface area contributed by atoms with Crippen molar-refractivity contribution in [3.05, 3.63) is 59.3 Å². The van der Waals surface area contributed by atoms with Gasteiger partial charge in [-0.1, -0.05) is 32.3 Å². The Morgan fingerprint density at radius 1 is 0.870 bits per heavy atom. The molecule has 6 amide bonds. The number of methoxy groups -OCH3 is 1. The highest BCUT2D eigenvalue weighted by Gasteiger charge is 2.42. The van der Waals surface area contributed by atoms with E-state index >= 15 is 0 Å². The molecule has 0 radical (unpaired) electrons. The minimum absolute atomic E-state index is 0.0577. The van der Waals surface area contributed by atoms with Gasteiger partial charge in [-0.25, -0.2) is 4.98 Å². The summed E-state index contributed by atoms with van der Waals surface area (Å²) in [6.45, 7) is 6.59. The number of piperidine rings is 1. The number of carbonyl (C=O) groups is 6. The minimum atomic E-state index is -0.708. The number of imide groups is 1. The fourth-order valence-corrected chi connectivity index (χ4v) is 9.28. The largest absolute Gasteiger partial charge is 0.495 e. The first-order chi connectivity index (χ1) is 33.6. The van der Waals surface area contributed by atoms with E-state index in [1.807, 2.05) is 6.92 Å². The predicted molar refractivity (Wildman–Crippen MR) is 258 cm³/mol. The third kappa shape index (κ3) is 12.9. The molecule has 2 atom stereocenters. The zero-order valence-corrected chi connectivity index (χ0v) is 39.9. The highest BCUT2D eigenvalue weighted by Crippen LogP contribution is 2.40. The van der Waals surface area contributed by atoms with Gasteiger partial charge in [-0.15, -0.1) is 0 Å². The maximum absolute atomic E-state index is 13.3. The molecular weight excluding hydrogens is 889 g/mol. The normalized spacial score (nSPS) is 18.0. The van der Waals surface area contributed by atoms with E-state index in [0.717, 1.165) is 57.3 Å². The summed E-state index contributed by atoms with van der Waals surface area (Å²) >= 11 is 0. The van der Waals surface area contributed by atoms with E-state index in [1.54, 1.807) is 54.5 Å². The molecule has 1 aliphatic carbocycles.